The number of carbonyl (C=O) groups excluding carboxylic acids is 3. The number of hydrogen-bond donors (Lipinski definition) is 3. The molecule has 1 aromatic rings. The van der Waals surface area contributed by atoms with Crippen LogP contribution in [0.4, 0.5) is 9.18 Å². The third-order valence-electron chi connectivity index (χ3n) is 2.94. The Hall–Kier alpha value is -2.53. The maximum absolute atomic E-state index is 12.8. The normalized spacial score (nSPS) is 13.4. The minimum Gasteiger partial charge on any atom is -0.451 e. The van der Waals surface area contributed by atoms with Gasteiger partial charge in [0.1, 0.15) is 11.9 Å². The third-order valence-corrected chi connectivity index (χ3v) is 4.49. The molecular formula is C14H18FN3O6S. The Bertz CT molecular complexity index is 750. The van der Waals surface area contributed by atoms with Crippen LogP contribution in [0.1, 0.15) is 13.8 Å². The lowest BCUT2D eigenvalue weighted by Gasteiger charge is -2.17. The van der Waals surface area contributed by atoms with Crippen LogP contribution in [0.2, 0.25) is 0 Å². The Morgan fingerprint density at radius 1 is 1.12 bits per heavy atom. The monoisotopic (exact) mass is 375 g/mol. The number of urea groups is 1. The maximum Gasteiger partial charge on any atom is 0.324 e. The molecule has 0 aliphatic rings. The van der Waals surface area contributed by atoms with Crippen molar-refractivity contribution >= 4 is 27.9 Å². The molecule has 3 N–H and O–H groups in total. The van der Waals surface area contributed by atoms with Gasteiger partial charge >= 0.3 is 12.0 Å². The number of hydrogen-bond acceptors (Lipinski definition) is 6. The Balaban J connectivity index is 2.68. The molecule has 0 saturated carbocycles. The molecule has 0 aliphatic heterocycles. The van der Waals surface area contributed by atoms with Crippen molar-refractivity contribution in [1.82, 2.24) is 15.4 Å². The Morgan fingerprint density at radius 2 is 1.68 bits per heavy atom. The molecule has 0 heterocycles. The van der Waals surface area contributed by atoms with Crippen LogP contribution in [-0.2, 0) is 24.3 Å². The fourth-order valence-electron chi connectivity index (χ4n) is 1.57. The molecule has 3 amide bonds. The molecule has 138 valence electrons. The molecule has 0 unspecified atom stereocenters. The minimum atomic E-state index is -4.08. The number of amides is 3. The second-order valence-electron chi connectivity index (χ2n) is 4.94. The molecule has 25 heavy (non-hydrogen) atoms. The molecule has 9 nitrogen and oxygen atoms in total. The van der Waals surface area contributed by atoms with Crippen molar-refractivity contribution in [2.45, 2.75) is 30.9 Å². The number of nitrogens with one attached hydrogen (secondary N) is 3. The van der Waals surface area contributed by atoms with Crippen LogP contribution < -0.4 is 15.4 Å². The van der Waals surface area contributed by atoms with E-state index in [0.29, 0.717) is 0 Å². The first-order valence-electron chi connectivity index (χ1n) is 7.07. The van der Waals surface area contributed by atoms with Gasteiger partial charge in [0.25, 0.3) is 5.91 Å². The predicted molar refractivity (Wildman–Crippen MR) is 84.3 cm³/mol. The zero-order valence-electron chi connectivity index (χ0n) is 13.7. The largest absolute Gasteiger partial charge is 0.451 e. The molecule has 0 aliphatic carbocycles. The zero-order valence-corrected chi connectivity index (χ0v) is 14.5. The second kappa shape index (κ2) is 8.53. The van der Waals surface area contributed by atoms with E-state index in [-0.39, 0.29) is 4.90 Å². The first-order valence-corrected chi connectivity index (χ1v) is 8.56. The van der Waals surface area contributed by atoms with Gasteiger partial charge in [-0.25, -0.2) is 17.6 Å². The smallest absolute Gasteiger partial charge is 0.324 e. The number of imide groups is 1. The number of rotatable bonds is 6. The molecule has 0 bridgehead atoms. The molecular weight excluding hydrogens is 357 g/mol. The van der Waals surface area contributed by atoms with Gasteiger partial charge in [0.2, 0.25) is 10.0 Å². The molecule has 11 heteroatoms. The van der Waals surface area contributed by atoms with E-state index in [2.05, 4.69) is 10.0 Å². The van der Waals surface area contributed by atoms with Crippen molar-refractivity contribution < 1.29 is 31.9 Å². The van der Waals surface area contributed by atoms with E-state index < -0.39 is 45.9 Å². The lowest BCUT2D eigenvalue weighted by molar-refractivity contribution is -0.155. The first-order chi connectivity index (χ1) is 11.6. The topological polar surface area (TPSA) is 131 Å². The van der Waals surface area contributed by atoms with Gasteiger partial charge in [-0.15, -0.1) is 0 Å². The van der Waals surface area contributed by atoms with Crippen molar-refractivity contribution in [2.24, 2.45) is 0 Å². The summed E-state index contributed by atoms with van der Waals surface area (Å²) in [7, 11) is -2.79. The van der Waals surface area contributed by atoms with E-state index in [0.717, 1.165) is 24.3 Å². The maximum atomic E-state index is 12.8. The average molecular weight is 375 g/mol. The highest BCUT2D eigenvalue weighted by Gasteiger charge is 2.26. The molecule has 0 saturated heterocycles. The van der Waals surface area contributed by atoms with Crippen LogP contribution in [0.3, 0.4) is 0 Å². The van der Waals surface area contributed by atoms with Gasteiger partial charge in [-0.2, -0.15) is 4.72 Å². The summed E-state index contributed by atoms with van der Waals surface area (Å²) in [6, 6.07) is 1.90. The lowest BCUT2D eigenvalue weighted by Crippen LogP contribution is -2.46. The summed E-state index contributed by atoms with van der Waals surface area (Å²) in [6.45, 7) is 2.43. The van der Waals surface area contributed by atoms with Crippen LogP contribution in [0.5, 0.6) is 0 Å². The summed E-state index contributed by atoms with van der Waals surface area (Å²) in [5.41, 5.74) is 0. The summed E-state index contributed by atoms with van der Waals surface area (Å²) in [4.78, 5) is 34.2. The molecule has 0 spiro atoms. The van der Waals surface area contributed by atoms with Crippen molar-refractivity contribution in [3.05, 3.63) is 30.1 Å². The molecule has 1 rings (SSSR count). The number of esters is 1. The Kier molecular flexibility index (Phi) is 7.00. The summed E-state index contributed by atoms with van der Waals surface area (Å²) in [6.07, 6.45) is -1.32. The second-order valence-corrected chi connectivity index (χ2v) is 6.66. The van der Waals surface area contributed by atoms with E-state index in [1.165, 1.54) is 20.9 Å². The quantitative estimate of drug-likeness (QED) is 0.594. The molecule has 2 atom stereocenters. The van der Waals surface area contributed by atoms with Gasteiger partial charge in [0.05, 0.1) is 4.90 Å². The number of carbonyl (C=O) groups is 3. The molecule has 1 aromatic carbocycles. The minimum absolute atomic E-state index is 0.237. The van der Waals surface area contributed by atoms with E-state index in [1.54, 1.807) is 0 Å². The summed E-state index contributed by atoms with van der Waals surface area (Å²) < 4.78 is 43.9. The van der Waals surface area contributed by atoms with Crippen molar-refractivity contribution in [1.29, 1.82) is 0 Å². The van der Waals surface area contributed by atoms with Gasteiger partial charge < -0.3 is 10.1 Å². The molecule has 0 radical (unpaired) electrons. The van der Waals surface area contributed by atoms with Gasteiger partial charge in [-0.3, -0.25) is 14.9 Å². The van der Waals surface area contributed by atoms with Crippen molar-refractivity contribution in [3.63, 3.8) is 0 Å². The van der Waals surface area contributed by atoms with Crippen molar-refractivity contribution in [3.8, 4) is 0 Å². The van der Waals surface area contributed by atoms with Gasteiger partial charge in [-0.05, 0) is 38.1 Å². The highest BCUT2D eigenvalue weighted by molar-refractivity contribution is 7.89. The van der Waals surface area contributed by atoms with Crippen LogP contribution >= 0.6 is 0 Å². The van der Waals surface area contributed by atoms with E-state index in [1.807, 2.05) is 5.32 Å². The number of benzene rings is 1. The van der Waals surface area contributed by atoms with Gasteiger partial charge in [-0.1, -0.05) is 0 Å². The highest BCUT2D eigenvalue weighted by atomic mass is 32.2. The fourth-order valence-corrected chi connectivity index (χ4v) is 2.76. The summed E-state index contributed by atoms with van der Waals surface area (Å²) >= 11 is 0. The third kappa shape index (κ3) is 6.12. The molecule has 0 fully saturated rings. The molecule has 0 aromatic heterocycles. The average Bonchev–Trinajstić information content (AvgIpc) is 2.54. The van der Waals surface area contributed by atoms with Gasteiger partial charge in [0, 0.05) is 7.05 Å². The standard InChI is InChI=1S/C14H18FN3O6S/c1-8(13(20)24-9(2)12(19)17-14(21)16-3)18-25(22,23)11-6-4-10(15)5-7-11/h4-9,18H,1-3H3,(H2,16,17,19,21)/t8-,9+/m0/s1. The summed E-state index contributed by atoms with van der Waals surface area (Å²) in [5.74, 6) is -2.51. The van der Waals surface area contributed by atoms with E-state index >= 15 is 0 Å². The first kappa shape index (κ1) is 20.5. The lowest BCUT2D eigenvalue weighted by atomic mass is 10.3. The predicted octanol–water partition coefficient (Wildman–Crippen LogP) is -0.120. The fraction of sp³-hybridized carbons (Fsp3) is 0.357. The van der Waals surface area contributed by atoms with Crippen LogP contribution in [0.25, 0.3) is 0 Å². The van der Waals surface area contributed by atoms with Crippen LogP contribution in [0.15, 0.2) is 29.2 Å². The number of sulfonamides is 1. The number of ether oxygens (including phenoxy) is 1. The summed E-state index contributed by atoms with van der Waals surface area (Å²) in [5, 5.41) is 4.06. The Labute approximate surface area is 144 Å². The number of halogens is 1. The van der Waals surface area contributed by atoms with Crippen molar-refractivity contribution in [2.75, 3.05) is 7.05 Å². The van der Waals surface area contributed by atoms with E-state index in [4.69, 9.17) is 4.74 Å². The highest BCUT2D eigenvalue weighted by Crippen LogP contribution is 2.10. The SMILES string of the molecule is CNC(=O)NC(=O)[C@@H](C)OC(=O)[C@H](C)NS(=O)(=O)c1ccc(F)cc1. The van der Waals surface area contributed by atoms with Crippen LogP contribution in [-0.4, -0.2) is 45.5 Å². The van der Waals surface area contributed by atoms with Crippen LogP contribution in [0, 0.1) is 5.82 Å². The zero-order chi connectivity index (χ0) is 19.2. The van der Waals surface area contributed by atoms with E-state index in [9.17, 15) is 27.2 Å². The Morgan fingerprint density at radius 3 is 2.20 bits per heavy atom. The van der Waals surface area contributed by atoms with Gasteiger partial charge in [0.15, 0.2) is 6.10 Å².